The average molecular weight is 332 g/mol. The van der Waals surface area contributed by atoms with Gasteiger partial charge < -0.3 is 5.73 Å². The molecule has 19 heavy (non-hydrogen) atoms. The minimum absolute atomic E-state index is 0.456. The number of anilines is 1. The van der Waals surface area contributed by atoms with Gasteiger partial charge in [0.2, 0.25) is 0 Å². The number of aromatic nitrogens is 2. The number of rotatable bonds is 2. The van der Waals surface area contributed by atoms with Gasteiger partial charge in [0.05, 0.1) is 15.0 Å². The fraction of sp³-hybridized carbons (Fsp3) is 0. The Balaban J connectivity index is 2.20. The number of nitrogens with zero attached hydrogens (tertiary/aromatic N) is 2. The second-order valence-electron chi connectivity index (χ2n) is 3.94. The molecule has 0 aliphatic heterocycles. The number of hydrogen-bond donors (Lipinski definition) is 1. The molecule has 3 nitrogen and oxygen atoms in total. The highest BCUT2D eigenvalue weighted by molar-refractivity contribution is 9.10. The first-order valence-corrected chi connectivity index (χ1v) is 7.35. The normalized spacial score (nSPS) is 10.6. The first-order chi connectivity index (χ1) is 9.25. The maximum Gasteiger partial charge on any atom is 0.172 e. The molecule has 0 aliphatic rings. The summed E-state index contributed by atoms with van der Waals surface area (Å²) in [7, 11) is 0. The molecule has 0 unspecified atom stereocenters. The van der Waals surface area contributed by atoms with Crippen LogP contribution in [0.4, 0.5) is 5.82 Å². The van der Waals surface area contributed by atoms with Crippen LogP contribution in [0.25, 0.3) is 22.0 Å². The summed E-state index contributed by atoms with van der Waals surface area (Å²) in [5.41, 5.74) is 7.80. The van der Waals surface area contributed by atoms with Crippen molar-refractivity contribution in [3.05, 3.63) is 52.3 Å². The molecule has 0 atom stereocenters. The van der Waals surface area contributed by atoms with E-state index in [2.05, 4.69) is 25.9 Å². The zero-order valence-electron chi connectivity index (χ0n) is 9.88. The number of benzene rings is 1. The largest absolute Gasteiger partial charge is 0.383 e. The quantitative estimate of drug-likeness (QED) is 0.764. The highest BCUT2D eigenvalue weighted by Gasteiger charge is 2.13. The molecule has 2 heterocycles. The van der Waals surface area contributed by atoms with Crippen LogP contribution in [0, 0.1) is 0 Å². The first kappa shape index (κ1) is 12.3. The summed E-state index contributed by atoms with van der Waals surface area (Å²) in [5.74, 6) is 1.12. The van der Waals surface area contributed by atoms with Crippen LogP contribution in [0.5, 0.6) is 0 Å². The van der Waals surface area contributed by atoms with Gasteiger partial charge in [-0.25, -0.2) is 9.97 Å². The number of nitrogens with two attached hydrogens (primary N) is 1. The zero-order valence-corrected chi connectivity index (χ0v) is 12.3. The molecule has 3 rings (SSSR count). The molecule has 0 saturated carbocycles. The summed E-state index contributed by atoms with van der Waals surface area (Å²) < 4.78 is 0.735. The maximum atomic E-state index is 5.97. The molecule has 0 radical (unpaired) electrons. The van der Waals surface area contributed by atoms with Crippen LogP contribution in [-0.4, -0.2) is 9.97 Å². The molecule has 94 valence electrons. The Morgan fingerprint density at radius 2 is 1.79 bits per heavy atom. The third kappa shape index (κ3) is 2.39. The van der Waals surface area contributed by atoms with Crippen LogP contribution >= 0.6 is 27.3 Å². The predicted octanol–water partition coefficient (Wildman–Crippen LogP) is 4.22. The van der Waals surface area contributed by atoms with Gasteiger partial charge in [0, 0.05) is 5.56 Å². The Morgan fingerprint density at radius 1 is 1.00 bits per heavy atom. The summed E-state index contributed by atoms with van der Waals surface area (Å²) in [6.45, 7) is 0. The number of halogens is 1. The van der Waals surface area contributed by atoms with E-state index in [0.29, 0.717) is 11.6 Å². The van der Waals surface area contributed by atoms with Gasteiger partial charge in [-0.1, -0.05) is 36.4 Å². The number of thiophene rings is 1. The first-order valence-electron chi connectivity index (χ1n) is 5.68. The van der Waals surface area contributed by atoms with Gasteiger partial charge in [0.25, 0.3) is 0 Å². The van der Waals surface area contributed by atoms with E-state index >= 15 is 0 Å². The highest BCUT2D eigenvalue weighted by atomic mass is 79.9. The Hall–Kier alpha value is -1.72. The van der Waals surface area contributed by atoms with Gasteiger partial charge >= 0.3 is 0 Å². The van der Waals surface area contributed by atoms with Crippen molar-refractivity contribution in [1.82, 2.24) is 9.97 Å². The predicted molar refractivity (Wildman–Crippen MR) is 82.9 cm³/mol. The van der Waals surface area contributed by atoms with Gasteiger partial charge in [0.1, 0.15) is 5.82 Å². The van der Waals surface area contributed by atoms with E-state index in [1.165, 1.54) is 0 Å². The van der Waals surface area contributed by atoms with Crippen molar-refractivity contribution >= 4 is 33.1 Å². The molecular formula is C14H10BrN3S. The number of nitrogen functional groups attached to an aromatic ring is 1. The molecule has 5 heteroatoms. The van der Waals surface area contributed by atoms with Crippen LogP contribution in [0.1, 0.15) is 0 Å². The summed E-state index contributed by atoms with van der Waals surface area (Å²) in [4.78, 5) is 9.96. The van der Waals surface area contributed by atoms with Crippen molar-refractivity contribution < 1.29 is 0 Å². The second-order valence-corrected chi connectivity index (χ2v) is 5.68. The fourth-order valence-electron chi connectivity index (χ4n) is 1.77. The summed E-state index contributed by atoms with van der Waals surface area (Å²) in [6, 6.07) is 13.9. The molecular weight excluding hydrogens is 322 g/mol. The summed E-state index contributed by atoms with van der Waals surface area (Å²) >= 11 is 5.07. The van der Waals surface area contributed by atoms with Crippen LogP contribution in [0.2, 0.25) is 0 Å². The monoisotopic (exact) mass is 331 g/mol. The van der Waals surface area contributed by atoms with Gasteiger partial charge in [-0.05, 0) is 27.4 Å². The van der Waals surface area contributed by atoms with Crippen LogP contribution in [0.3, 0.4) is 0 Å². The molecule has 1 aromatic carbocycles. The van der Waals surface area contributed by atoms with E-state index < -0.39 is 0 Å². The van der Waals surface area contributed by atoms with E-state index in [4.69, 9.17) is 5.73 Å². The van der Waals surface area contributed by atoms with Crippen LogP contribution in [-0.2, 0) is 0 Å². The SMILES string of the molecule is Nc1nc(-c2cccs2)nc(-c2ccccc2)c1Br. The third-order valence-corrected chi connectivity index (χ3v) is 4.31. The summed E-state index contributed by atoms with van der Waals surface area (Å²) in [6.07, 6.45) is 0. The molecule has 3 aromatic rings. The van der Waals surface area contributed by atoms with E-state index in [0.717, 1.165) is 20.6 Å². The molecule has 0 fully saturated rings. The van der Waals surface area contributed by atoms with E-state index in [-0.39, 0.29) is 0 Å². The molecule has 2 aromatic heterocycles. The van der Waals surface area contributed by atoms with Crippen molar-refractivity contribution in [1.29, 1.82) is 0 Å². The zero-order chi connectivity index (χ0) is 13.2. The lowest BCUT2D eigenvalue weighted by atomic mass is 10.1. The average Bonchev–Trinajstić information content (AvgIpc) is 2.97. The Morgan fingerprint density at radius 3 is 2.47 bits per heavy atom. The van der Waals surface area contributed by atoms with Gasteiger partial charge in [-0.2, -0.15) is 0 Å². The lowest BCUT2D eigenvalue weighted by molar-refractivity contribution is 1.18. The van der Waals surface area contributed by atoms with Crippen molar-refractivity contribution in [2.24, 2.45) is 0 Å². The fourth-order valence-corrected chi connectivity index (χ4v) is 2.83. The molecule has 0 spiro atoms. The topological polar surface area (TPSA) is 51.8 Å². The lowest BCUT2D eigenvalue weighted by Gasteiger charge is -2.08. The van der Waals surface area contributed by atoms with Crippen molar-refractivity contribution in [2.75, 3.05) is 5.73 Å². The lowest BCUT2D eigenvalue weighted by Crippen LogP contribution is -1.99. The van der Waals surface area contributed by atoms with Gasteiger partial charge in [0.15, 0.2) is 5.82 Å². The molecule has 0 saturated heterocycles. The highest BCUT2D eigenvalue weighted by Crippen LogP contribution is 2.33. The molecule has 0 amide bonds. The van der Waals surface area contributed by atoms with Crippen molar-refractivity contribution in [3.63, 3.8) is 0 Å². The van der Waals surface area contributed by atoms with Gasteiger partial charge in [-0.15, -0.1) is 11.3 Å². The van der Waals surface area contributed by atoms with Crippen molar-refractivity contribution in [3.8, 4) is 22.0 Å². The van der Waals surface area contributed by atoms with E-state index in [1.807, 2.05) is 47.8 Å². The summed E-state index contributed by atoms with van der Waals surface area (Å²) in [5, 5.41) is 2.00. The maximum absolute atomic E-state index is 5.97. The minimum atomic E-state index is 0.456. The van der Waals surface area contributed by atoms with Gasteiger partial charge in [-0.3, -0.25) is 0 Å². The Bertz CT molecular complexity index is 696. The number of hydrogen-bond acceptors (Lipinski definition) is 4. The minimum Gasteiger partial charge on any atom is -0.383 e. The van der Waals surface area contributed by atoms with Crippen LogP contribution < -0.4 is 5.73 Å². The molecule has 0 aliphatic carbocycles. The Labute approximate surface area is 123 Å². The standard InChI is InChI=1S/C14H10BrN3S/c15-11-12(9-5-2-1-3-6-9)17-14(18-13(11)16)10-7-4-8-19-10/h1-8H,(H2,16,17,18). The van der Waals surface area contributed by atoms with Crippen LogP contribution in [0.15, 0.2) is 52.3 Å². The molecule has 2 N–H and O–H groups in total. The van der Waals surface area contributed by atoms with E-state index in [9.17, 15) is 0 Å². The second kappa shape index (κ2) is 5.11. The third-order valence-electron chi connectivity index (χ3n) is 2.67. The Kier molecular flexibility index (Phi) is 3.31. The van der Waals surface area contributed by atoms with Crippen molar-refractivity contribution in [2.45, 2.75) is 0 Å². The molecule has 0 bridgehead atoms. The smallest absolute Gasteiger partial charge is 0.172 e. The van der Waals surface area contributed by atoms with E-state index in [1.54, 1.807) is 11.3 Å².